The maximum atomic E-state index is 11.8. The molecule has 0 bridgehead atoms. The lowest BCUT2D eigenvalue weighted by Gasteiger charge is -2.29. The molecule has 1 aliphatic rings. The van der Waals surface area contributed by atoms with Crippen LogP contribution >= 0.6 is 0 Å². The van der Waals surface area contributed by atoms with Crippen LogP contribution < -0.4 is 5.32 Å². The Morgan fingerprint density at radius 3 is 2.61 bits per heavy atom. The molecule has 2 N–H and O–H groups in total. The molecule has 0 unspecified atom stereocenters. The van der Waals surface area contributed by atoms with Crippen molar-refractivity contribution in [2.45, 2.75) is 25.4 Å². The molecule has 1 saturated heterocycles. The van der Waals surface area contributed by atoms with Gasteiger partial charge in [-0.2, -0.15) is 0 Å². The van der Waals surface area contributed by atoms with Crippen LogP contribution in [0.2, 0.25) is 0 Å². The molecule has 2 amide bonds. The van der Waals surface area contributed by atoms with E-state index < -0.39 is 0 Å². The van der Waals surface area contributed by atoms with Gasteiger partial charge in [-0.25, -0.2) is 4.79 Å². The zero-order valence-electron chi connectivity index (χ0n) is 10.5. The molecule has 2 rings (SSSR count). The Labute approximate surface area is 108 Å². The summed E-state index contributed by atoms with van der Waals surface area (Å²) in [6, 6.07) is 10.1. The lowest BCUT2D eigenvalue weighted by atomic mass is 10.1. The van der Waals surface area contributed by atoms with Gasteiger partial charge in [-0.3, -0.25) is 0 Å². The fraction of sp³-hybridized carbons (Fsp3) is 0.500. The highest BCUT2D eigenvalue weighted by Crippen LogP contribution is 2.09. The van der Waals surface area contributed by atoms with Crippen LogP contribution in [0.4, 0.5) is 4.79 Å². The van der Waals surface area contributed by atoms with E-state index in [9.17, 15) is 9.90 Å². The summed E-state index contributed by atoms with van der Waals surface area (Å²) < 4.78 is 0. The number of nitrogens with zero attached hydrogens (tertiary/aromatic N) is 1. The number of hydrogen-bond acceptors (Lipinski definition) is 2. The Morgan fingerprint density at radius 1 is 1.28 bits per heavy atom. The lowest BCUT2D eigenvalue weighted by molar-refractivity contribution is 0.0938. The summed E-state index contributed by atoms with van der Waals surface area (Å²) in [5.41, 5.74) is 1.23. The summed E-state index contributed by atoms with van der Waals surface area (Å²) in [6.07, 6.45) is 1.99. The van der Waals surface area contributed by atoms with Crippen LogP contribution in [0.25, 0.3) is 0 Å². The largest absolute Gasteiger partial charge is 0.393 e. The Morgan fingerprint density at radius 2 is 1.94 bits per heavy atom. The molecule has 4 heteroatoms. The molecule has 0 radical (unpaired) electrons. The van der Waals surface area contributed by atoms with Crippen molar-refractivity contribution >= 4 is 6.03 Å². The second-order valence-electron chi connectivity index (χ2n) is 4.69. The van der Waals surface area contributed by atoms with E-state index in [4.69, 9.17) is 0 Å². The van der Waals surface area contributed by atoms with Gasteiger partial charge in [-0.15, -0.1) is 0 Å². The number of hydrogen-bond donors (Lipinski definition) is 2. The second-order valence-corrected chi connectivity index (χ2v) is 4.69. The zero-order valence-corrected chi connectivity index (χ0v) is 10.5. The molecule has 0 spiro atoms. The van der Waals surface area contributed by atoms with Gasteiger partial charge in [0.25, 0.3) is 0 Å². The van der Waals surface area contributed by atoms with Gasteiger partial charge in [0.2, 0.25) is 0 Å². The van der Waals surface area contributed by atoms with Crippen molar-refractivity contribution in [3.8, 4) is 0 Å². The first kappa shape index (κ1) is 12.9. The van der Waals surface area contributed by atoms with Gasteiger partial charge in [0.05, 0.1) is 6.10 Å². The molecular weight excluding hydrogens is 228 g/mol. The minimum atomic E-state index is -0.238. The first-order valence-corrected chi connectivity index (χ1v) is 6.50. The van der Waals surface area contributed by atoms with Crippen LogP contribution in [-0.4, -0.2) is 41.8 Å². The Hall–Kier alpha value is -1.55. The van der Waals surface area contributed by atoms with Gasteiger partial charge in [0.1, 0.15) is 0 Å². The lowest BCUT2D eigenvalue weighted by Crippen LogP contribution is -2.45. The predicted molar refractivity (Wildman–Crippen MR) is 70.4 cm³/mol. The molecule has 0 saturated carbocycles. The van der Waals surface area contributed by atoms with Crippen molar-refractivity contribution in [1.82, 2.24) is 10.2 Å². The SMILES string of the molecule is O=C(NCCc1ccccc1)N1CCC(O)CC1. The first-order valence-electron chi connectivity index (χ1n) is 6.50. The summed E-state index contributed by atoms with van der Waals surface area (Å²) in [7, 11) is 0. The van der Waals surface area contributed by atoms with Crippen molar-refractivity contribution < 1.29 is 9.90 Å². The minimum Gasteiger partial charge on any atom is -0.393 e. The normalized spacial score (nSPS) is 16.6. The second kappa shape index (κ2) is 6.40. The number of benzene rings is 1. The first-order chi connectivity index (χ1) is 8.75. The number of carbonyl (C=O) groups excluding carboxylic acids is 1. The number of amides is 2. The number of aliphatic hydroxyl groups is 1. The van der Waals surface area contributed by atoms with Crippen LogP contribution in [0.3, 0.4) is 0 Å². The summed E-state index contributed by atoms with van der Waals surface area (Å²) >= 11 is 0. The smallest absolute Gasteiger partial charge is 0.317 e. The van der Waals surface area contributed by atoms with Gasteiger partial charge in [-0.1, -0.05) is 30.3 Å². The number of aliphatic hydroxyl groups excluding tert-OH is 1. The third-order valence-corrected chi connectivity index (χ3v) is 3.28. The van der Waals surface area contributed by atoms with Gasteiger partial charge >= 0.3 is 6.03 Å². The topological polar surface area (TPSA) is 52.6 Å². The number of likely N-dealkylation sites (tertiary alicyclic amines) is 1. The molecule has 1 aromatic carbocycles. The zero-order chi connectivity index (χ0) is 12.8. The molecule has 4 nitrogen and oxygen atoms in total. The summed E-state index contributed by atoms with van der Waals surface area (Å²) in [4.78, 5) is 13.6. The fourth-order valence-electron chi connectivity index (χ4n) is 2.14. The van der Waals surface area contributed by atoms with E-state index in [2.05, 4.69) is 17.4 Å². The molecule has 1 aliphatic heterocycles. The van der Waals surface area contributed by atoms with E-state index in [0.29, 0.717) is 32.5 Å². The van der Waals surface area contributed by atoms with Crippen molar-refractivity contribution in [2.24, 2.45) is 0 Å². The molecule has 0 atom stereocenters. The highest BCUT2D eigenvalue weighted by atomic mass is 16.3. The molecule has 1 aromatic rings. The van der Waals surface area contributed by atoms with E-state index in [1.165, 1.54) is 5.56 Å². The van der Waals surface area contributed by atoms with Crippen molar-refractivity contribution in [1.29, 1.82) is 0 Å². The average Bonchev–Trinajstić information content (AvgIpc) is 2.40. The molecule has 0 aliphatic carbocycles. The van der Waals surface area contributed by atoms with E-state index >= 15 is 0 Å². The van der Waals surface area contributed by atoms with Crippen LogP contribution in [0.15, 0.2) is 30.3 Å². The van der Waals surface area contributed by atoms with E-state index in [-0.39, 0.29) is 12.1 Å². The summed E-state index contributed by atoms with van der Waals surface area (Å²) in [6.45, 7) is 1.96. The highest BCUT2D eigenvalue weighted by molar-refractivity contribution is 5.74. The van der Waals surface area contributed by atoms with Crippen molar-refractivity contribution in [3.63, 3.8) is 0 Å². The number of nitrogens with one attached hydrogen (secondary N) is 1. The van der Waals surface area contributed by atoms with Crippen molar-refractivity contribution in [2.75, 3.05) is 19.6 Å². The van der Waals surface area contributed by atoms with E-state index in [0.717, 1.165) is 6.42 Å². The number of urea groups is 1. The van der Waals surface area contributed by atoms with E-state index in [1.807, 2.05) is 18.2 Å². The molecule has 18 heavy (non-hydrogen) atoms. The number of rotatable bonds is 3. The Balaban J connectivity index is 1.69. The van der Waals surface area contributed by atoms with Gasteiger partial charge < -0.3 is 15.3 Å². The highest BCUT2D eigenvalue weighted by Gasteiger charge is 2.20. The third kappa shape index (κ3) is 3.74. The number of piperidine rings is 1. The summed E-state index contributed by atoms with van der Waals surface area (Å²) in [5, 5.41) is 12.3. The fourth-order valence-corrected chi connectivity index (χ4v) is 2.14. The maximum Gasteiger partial charge on any atom is 0.317 e. The molecular formula is C14H20N2O2. The standard InChI is InChI=1S/C14H20N2O2/c17-13-7-10-16(11-8-13)14(18)15-9-6-12-4-2-1-3-5-12/h1-5,13,17H,6-11H2,(H,15,18). The molecule has 1 heterocycles. The minimum absolute atomic E-state index is 0.0159. The van der Waals surface area contributed by atoms with Crippen LogP contribution in [0, 0.1) is 0 Å². The van der Waals surface area contributed by atoms with Crippen LogP contribution in [0.1, 0.15) is 18.4 Å². The molecule has 1 fully saturated rings. The Bertz CT molecular complexity index is 373. The van der Waals surface area contributed by atoms with Crippen LogP contribution in [0.5, 0.6) is 0 Å². The third-order valence-electron chi connectivity index (χ3n) is 3.28. The van der Waals surface area contributed by atoms with Gasteiger partial charge in [0, 0.05) is 19.6 Å². The van der Waals surface area contributed by atoms with E-state index in [1.54, 1.807) is 4.90 Å². The predicted octanol–water partition coefficient (Wildman–Crippen LogP) is 1.40. The average molecular weight is 248 g/mol. The van der Waals surface area contributed by atoms with Crippen LogP contribution in [-0.2, 0) is 6.42 Å². The Kier molecular flexibility index (Phi) is 4.59. The molecule has 0 aromatic heterocycles. The molecule has 98 valence electrons. The van der Waals surface area contributed by atoms with Gasteiger partial charge in [0.15, 0.2) is 0 Å². The summed E-state index contributed by atoms with van der Waals surface area (Å²) in [5.74, 6) is 0. The number of carbonyl (C=O) groups is 1. The maximum absolute atomic E-state index is 11.8. The quantitative estimate of drug-likeness (QED) is 0.849. The van der Waals surface area contributed by atoms with Gasteiger partial charge in [-0.05, 0) is 24.8 Å². The van der Waals surface area contributed by atoms with Crippen molar-refractivity contribution in [3.05, 3.63) is 35.9 Å². The monoisotopic (exact) mass is 248 g/mol.